The van der Waals surface area contributed by atoms with Crippen LogP contribution in [-0.4, -0.2) is 11.7 Å². The lowest BCUT2D eigenvalue weighted by Crippen LogP contribution is -2.13. The standard InChI is InChI=1S/C16H16Br2O/c17-15-6-4-12(5-7-15)8-14(11-19)9-13-2-1-3-16(18)10-13/h1-7,10,14,19H,8-9,11H2. The molecule has 0 amide bonds. The fourth-order valence-electron chi connectivity index (χ4n) is 2.15. The van der Waals surface area contributed by atoms with Crippen molar-refractivity contribution in [3.8, 4) is 0 Å². The molecule has 0 radical (unpaired) electrons. The van der Waals surface area contributed by atoms with Gasteiger partial charge in [-0.1, -0.05) is 56.1 Å². The van der Waals surface area contributed by atoms with Crippen molar-refractivity contribution >= 4 is 31.9 Å². The molecule has 19 heavy (non-hydrogen) atoms. The molecule has 2 aromatic rings. The highest BCUT2D eigenvalue weighted by Gasteiger charge is 2.10. The van der Waals surface area contributed by atoms with Gasteiger partial charge in [-0.3, -0.25) is 0 Å². The molecule has 2 rings (SSSR count). The lowest BCUT2D eigenvalue weighted by atomic mass is 9.93. The molecule has 0 spiro atoms. The monoisotopic (exact) mass is 382 g/mol. The molecule has 0 aliphatic carbocycles. The zero-order valence-electron chi connectivity index (χ0n) is 10.5. The van der Waals surface area contributed by atoms with Gasteiger partial charge in [0.1, 0.15) is 0 Å². The van der Waals surface area contributed by atoms with Crippen molar-refractivity contribution in [2.45, 2.75) is 12.8 Å². The van der Waals surface area contributed by atoms with E-state index in [1.165, 1.54) is 11.1 Å². The number of halogens is 2. The summed E-state index contributed by atoms with van der Waals surface area (Å²) in [5.74, 6) is 0.260. The minimum Gasteiger partial charge on any atom is -0.396 e. The molecule has 0 aliphatic rings. The van der Waals surface area contributed by atoms with E-state index in [-0.39, 0.29) is 12.5 Å². The first kappa shape index (κ1) is 14.8. The SMILES string of the molecule is OCC(Cc1ccc(Br)cc1)Cc1cccc(Br)c1. The third-order valence-electron chi connectivity index (χ3n) is 3.11. The predicted octanol–water partition coefficient (Wildman–Crippen LogP) is 4.61. The second kappa shape index (κ2) is 7.22. The van der Waals surface area contributed by atoms with E-state index in [4.69, 9.17) is 0 Å². The Bertz CT molecular complexity index is 523. The largest absolute Gasteiger partial charge is 0.396 e. The summed E-state index contributed by atoms with van der Waals surface area (Å²) >= 11 is 6.92. The van der Waals surface area contributed by atoms with E-state index < -0.39 is 0 Å². The van der Waals surface area contributed by atoms with E-state index in [1.807, 2.05) is 24.3 Å². The van der Waals surface area contributed by atoms with Gasteiger partial charge in [0.2, 0.25) is 0 Å². The van der Waals surface area contributed by atoms with E-state index in [2.05, 4.69) is 56.1 Å². The van der Waals surface area contributed by atoms with Crippen LogP contribution >= 0.6 is 31.9 Å². The average molecular weight is 384 g/mol. The molecule has 0 aromatic heterocycles. The van der Waals surface area contributed by atoms with Crippen LogP contribution in [0.1, 0.15) is 11.1 Å². The molecule has 100 valence electrons. The van der Waals surface area contributed by atoms with Crippen LogP contribution in [0.3, 0.4) is 0 Å². The highest BCUT2D eigenvalue weighted by molar-refractivity contribution is 9.10. The third kappa shape index (κ3) is 4.75. The van der Waals surface area contributed by atoms with E-state index >= 15 is 0 Å². The Morgan fingerprint density at radius 3 is 2.16 bits per heavy atom. The van der Waals surface area contributed by atoms with Crippen LogP contribution in [-0.2, 0) is 12.8 Å². The zero-order valence-corrected chi connectivity index (χ0v) is 13.7. The molecule has 0 bridgehead atoms. The summed E-state index contributed by atoms with van der Waals surface area (Å²) in [7, 11) is 0. The Balaban J connectivity index is 2.02. The van der Waals surface area contributed by atoms with Crippen LogP contribution in [0.2, 0.25) is 0 Å². The van der Waals surface area contributed by atoms with E-state index in [0.29, 0.717) is 0 Å². The first-order chi connectivity index (χ1) is 9.17. The quantitative estimate of drug-likeness (QED) is 0.799. The molecular weight excluding hydrogens is 368 g/mol. The van der Waals surface area contributed by atoms with Crippen LogP contribution in [0.15, 0.2) is 57.5 Å². The molecule has 3 heteroatoms. The Labute approximate surface area is 130 Å². The van der Waals surface area contributed by atoms with Crippen LogP contribution in [0.4, 0.5) is 0 Å². The second-order valence-electron chi connectivity index (χ2n) is 4.71. The summed E-state index contributed by atoms with van der Waals surface area (Å²) in [6.07, 6.45) is 1.79. The highest BCUT2D eigenvalue weighted by atomic mass is 79.9. The summed E-state index contributed by atoms with van der Waals surface area (Å²) in [5, 5.41) is 9.55. The topological polar surface area (TPSA) is 20.2 Å². The van der Waals surface area contributed by atoms with Crippen LogP contribution in [0.5, 0.6) is 0 Å². The summed E-state index contributed by atoms with van der Waals surface area (Å²) in [6, 6.07) is 16.6. The van der Waals surface area contributed by atoms with Crippen molar-refractivity contribution in [2.24, 2.45) is 5.92 Å². The van der Waals surface area contributed by atoms with Gasteiger partial charge in [0.25, 0.3) is 0 Å². The highest BCUT2D eigenvalue weighted by Crippen LogP contribution is 2.19. The minimum atomic E-state index is 0.211. The van der Waals surface area contributed by atoms with Gasteiger partial charge in [0.05, 0.1) is 0 Å². The van der Waals surface area contributed by atoms with E-state index in [0.717, 1.165) is 21.8 Å². The van der Waals surface area contributed by atoms with Gasteiger partial charge in [-0.05, 0) is 54.2 Å². The number of rotatable bonds is 5. The van der Waals surface area contributed by atoms with Gasteiger partial charge in [-0.25, -0.2) is 0 Å². The normalized spacial score (nSPS) is 12.4. The molecular formula is C16H16Br2O. The lowest BCUT2D eigenvalue weighted by molar-refractivity contribution is 0.225. The van der Waals surface area contributed by atoms with Crippen molar-refractivity contribution in [3.63, 3.8) is 0 Å². The maximum atomic E-state index is 9.55. The molecule has 0 saturated carbocycles. The molecule has 1 atom stereocenters. The predicted molar refractivity (Wildman–Crippen MR) is 86.3 cm³/mol. The van der Waals surface area contributed by atoms with Gasteiger partial charge in [0.15, 0.2) is 0 Å². The molecule has 1 N–H and O–H groups in total. The van der Waals surface area contributed by atoms with E-state index in [1.54, 1.807) is 0 Å². The van der Waals surface area contributed by atoms with Crippen molar-refractivity contribution < 1.29 is 5.11 Å². The van der Waals surface area contributed by atoms with Crippen LogP contribution < -0.4 is 0 Å². The Morgan fingerprint density at radius 1 is 0.842 bits per heavy atom. The van der Waals surface area contributed by atoms with Crippen LogP contribution in [0, 0.1) is 5.92 Å². The smallest absolute Gasteiger partial charge is 0.0465 e. The maximum Gasteiger partial charge on any atom is 0.0465 e. The molecule has 2 aromatic carbocycles. The number of hydrogen-bond donors (Lipinski definition) is 1. The molecule has 0 fully saturated rings. The number of aliphatic hydroxyl groups is 1. The fraction of sp³-hybridized carbons (Fsp3) is 0.250. The Morgan fingerprint density at radius 2 is 1.53 bits per heavy atom. The minimum absolute atomic E-state index is 0.211. The van der Waals surface area contributed by atoms with E-state index in [9.17, 15) is 5.11 Å². The molecule has 0 saturated heterocycles. The zero-order chi connectivity index (χ0) is 13.7. The van der Waals surface area contributed by atoms with Gasteiger partial charge in [-0.15, -0.1) is 0 Å². The maximum absolute atomic E-state index is 9.55. The molecule has 0 heterocycles. The van der Waals surface area contributed by atoms with Crippen molar-refractivity contribution in [3.05, 3.63) is 68.6 Å². The summed E-state index contributed by atoms with van der Waals surface area (Å²) in [6.45, 7) is 0.211. The third-order valence-corrected chi connectivity index (χ3v) is 4.13. The fourth-order valence-corrected chi connectivity index (χ4v) is 2.86. The number of aliphatic hydroxyl groups excluding tert-OH is 1. The van der Waals surface area contributed by atoms with Gasteiger partial charge >= 0.3 is 0 Å². The van der Waals surface area contributed by atoms with Crippen molar-refractivity contribution in [1.29, 1.82) is 0 Å². The first-order valence-corrected chi connectivity index (χ1v) is 7.85. The van der Waals surface area contributed by atoms with Gasteiger partial charge < -0.3 is 5.11 Å². The van der Waals surface area contributed by atoms with Crippen molar-refractivity contribution in [2.75, 3.05) is 6.61 Å². The Hall–Kier alpha value is -0.640. The summed E-state index contributed by atoms with van der Waals surface area (Å²) in [4.78, 5) is 0. The average Bonchev–Trinajstić information content (AvgIpc) is 2.40. The van der Waals surface area contributed by atoms with Crippen molar-refractivity contribution in [1.82, 2.24) is 0 Å². The van der Waals surface area contributed by atoms with Gasteiger partial charge in [-0.2, -0.15) is 0 Å². The number of benzene rings is 2. The Kier molecular flexibility index (Phi) is 5.61. The van der Waals surface area contributed by atoms with Gasteiger partial charge in [0, 0.05) is 15.6 Å². The summed E-state index contributed by atoms with van der Waals surface area (Å²) < 4.78 is 2.18. The molecule has 1 nitrogen and oxygen atoms in total. The molecule has 0 aliphatic heterocycles. The first-order valence-electron chi connectivity index (χ1n) is 6.27. The number of hydrogen-bond acceptors (Lipinski definition) is 1. The lowest BCUT2D eigenvalue weighted by Gasteiger charge is -2.14. The summed E-state index contributed by atoms with van der Waals surface area (Å²) in [5.41, 5.74) is 2.52. The molecule has 1 unspecified atom stereocenters. The second-order valence-corrected chi connectivity index (χ2v) is 6.54. The van der Waals surface area contributed by atoms with Crippen LogP contribution in [0.25, 0.3) is 0 Å².